The number of carbonyl (C=O) groups is 1. The van der Waals surface area contributed by atoms with Crippen molar-refractivity contribution in [1.82, 2.24) is 0 Å². The summed E-state index contributed by atoms with van der Waals surface area (Å²) in [7, 11) is 1.44. The van der Waals surface area contributed by atoms with E-state index in [1.807, 2.05) is 12.1 Å². The molecule has 2 unspecified atom stereocenters. The van der Waals surface area contributed by atoms with Gasteiger partial charge in [0.2, 0.25) is 0 Å². The quantitative estimate of drug-likeness (QED) is 0.230. The van der Waals surface area contributed by atoms with Crippen molar-refractivity contribution in [3.8, 4) is 6.07 Å². The molecule has 0 heterocycles. The van der Waals surface area contributed by atoms with Gasteiger partial charge in [-0.15, -0.1) is 11.8 Å². The van der Waals surface area contributed by atoms with Crippen LogP contribution >= 0.6 is 11.8 Å². The molecule has 0 fully saturated rings. The van der Waals surface area contributed by atoms with Crippen molar-refractivity contribution >= 4 is 17.7 Å². The Balaban J connectivity index is 2.62. The SMILES string of the molecule is CCCCCCCCCCC(C)c1ccccc1C(SCCC#N)C(=O)OC. The molecule has 0 amide bonds. The topological polar surface area (TPSA) is 50.1 Å². The highest BCUT2D eigenvalue weighted by atomic mass is 32.2. The van der Waals surface area contributed by atoms with E-state index in [-0.39, 0.29) is 11.2 Å². The molecule has 0 aliphatic heterocycles. The summed E-state index contributed by atoms with van der Waals surface area (Å²) >= 11 is 1.51. The van der Waals surface area contributed by atoms with E-state index in [1.165, 1.54) is 75.8 Å². The van der Waals surface area contributed by atoms with Gasteiger partial charge in [-0.25, -0.2) is 0 Å². The number of hydrogen-bond acceptors (Lipinski definition) is 4. The number of thioether (sulfide) groups is 1. The average molecular weight is 404 g/mol. The first-order valence-electron chi connectivity index (χ1n) is 10.8. The van der Waals surface area contributed by atoms with Gasteiger partial charge in [-0.2, -0.15) is 5.26 Å². The summed E-state index contributed by atoms with van der Waals surface area (Å²) in [5.41, 5.74) is 2.29. The fourth-order valence-electron chi connectivity index (χ4n) is 3.55. The maximum absolute atomic E-state index is 12.4. The number of ether oxygens (including phenoxy) is 1. The van der Waals surface area contributed by atoms with Gasteiger partial charge in [0.05, 0.1) is 13.2 Å². The van der Waals surface area contributed by atoms with Gasteiger partial charge in [0.1, 0.15) is 5.25 Å². The first-order chi connectivity index (χ1) is 13.7. The second-order valence-corrected chi connectivity index (χ2v) is 8.69. The molecule has 0 bridgehead atoms. The second kappa shape index (κ2) is 15.5. The molecular weight excluding hydrogens is 366 g/mol. The molecule has 4 heteroatoms. The van der Waals surface area contributed by atoms with Crippen LogP contribution in [0.3, 0.4) is 0 Å². The van der Waals surface area contributed by atoms with Gasteiger partial charge in [0.15, 0.2) is 0 Å². The Morgan fingerprint density at radius 2 is 1.68 bits per heavy atom. The summed E-state index contributed by atoms with van der Waals surface area (Å²) < 4.78 is 5.04. The highest BCUT2D eigenvalue weighted by Gasteiger charge is 2.25. The van der Waals surface area contributed by atoms with E-state index in [2.05, 4.69) is 32.0 Å². The van der Waals surface area contributed by atoms with Gasteiger partial charge in [-0.3, -0.25) is 4.79 Å². The summed E-state index contributed by atoms with van der Waals surface area (Å²) in [6, 6.07) is 10.4. The zero-order valence-electron chi connectivity index (χ0n) is 17.9. The van der Waals surface area contributed by atoms with Crippen LogP contribution in [0.4, 0.5) is 0 Å². The Bertz CT molecular complexity index is 597. The van der Waals surface area contributed by atoms with E-state index in [1.54, 1.807) is 0 Å². The number of rotatable bonds is 15. The molecule has 28 heavy (non-hydrogen) atoms. The summed E-state index contributed by atoms with van der Waals surface area (Å²) in [5, 5.41) is 8.46. The molecule has 1 aromatic rings. The van der Waals surface area contributed by atoms with Gasteiger partial charge < -0.3 is 4.74 Å². The first-order valence-corrected chi connectivity index (χ1v) is 11.9. The third kappa shape index (κ3) is 9.15. The van der Waals surface area contributed by atoms with E-state index in [0.29, 0.717) is 18.1 Å². The van der Waals surface area contributed by atoms with Gasteiger partial charge in [-0.05, 0) is 23.5 Å². The van der Waals surface area contributed by atoms with Crippen molar-refractivity contribution in [2.45, 2.75) is 89.2 Å². The molecule has 2 atom stereocenters. The predicted octanol–water partition coefficient (Wildman–Crippen LogP) is 7.18. The monoisotopic (exact) mass is 403 g/mol. The summed E-state index contributed by atoms with van der Waals surface area (Å²) in [4.78, 5) is 12.4. The third-order valence-electron chi connectivity index (χ3n) is 5.21. The maximum atomic E-state index is 12.4. The molecule has 0 aromatic heterocycles. The summed E-state index contributed by atoms with van der Waals surface area (Å²) in [5.74, 6) is 0.825. The van der Waals surface area contributed by atoms with Crippen LogP contribution in [0.15, 0.2) is 24.3 Å². The zero-order valence-corrected chi connectivity index (χ0v) is 18.7. The van der Waals surface area contributed by atoms with Crippen LogP contribution in [0.25, 0.3) is 0 Å². The third-order valence-corrected chi connectivity index (χ3v) is 6.43. The summed E-state index contributed by atoms with van der Waals surface area (Å²) in [6.07, 6.45) is 12.2. The Labute approximate surface area is 176 Å². The van der Waals surface area contributed by atoms with Crippen LogP contribution in [-0.4, -0.2) is 18.8 Å². The van der Waals surface area contributed by atoms with Crippen LogP contribution < -0.4 is 0 Å². The van der Waals surface area contributed by atoms with Crippen molar-refractivity contribution in [3.05, 3.63) is 35.4 Å². The highest BCUT2D eigenvalue weighted by molar-refractivity contribution is 8.00. The Hall–Kier alpha value is -1.47. The lowest BCUT2D eigenvalue weighted by atomic mass is 9.89. The molecular formula is C24H37NO2S. The van der Waals surface area contributed by atoms with Crippen LogP contribution in [0, 0.1) is 11.3 Å². The number of methoxy groups -OCH3 is 1. The molecule has 0 spiro atoms. The Morgan fingerprint density at radius 1 is 1.07 bits per heavy atom. The van der Waals surface area contributed by atoms with Crippen molar-refractivity contribution in [2.24, 2.45) is 0 Å². The lowest BCUT2D eigenvalue weighted by molar-refractivity contribution is -0.140. The number of unbranched alkanes of at least 4 members (excludes halogenated alkanes) is 7. The van der Waals surface area contributed by atoms with E-state index in [9.17, 15) is 4.79 Å². The fourth-order valence-corrected chi connectivity index (χ4v) is 4.62. The number of nitrogens with zero attached hydrogens (tertiary/aromatic N) is 1. The van der Waals surface area contributed by atoms with Crippen molar-refractivity contribution in [1.29, 1.82) is 5.26 Å². The van der Waals surface area contributed by atoms with E-state index >= 15 is 0 Å². The lowest BCUT2D eigenvalue weighted by Crippen LogP contribution is -2.14. The van der Waals surface area contributed by atoms with Gasteiger partial charge in [-0.1, -0.05) is 89.5 Å². The van der Waals surface area contributed by atoms with E-state index < -0.39 is 0 Å². The standard InChI is InChI=1S/C24H37NO2S/c1-4-5-6-7-8-9-10-11-15-20(2)21-16-12-13-17-22(21)23(24(26)27-3)28-19-14-18-25/h12-13,16-17,20,23H,4-11,14-15,19H2,1-3H3. The number of esters is 1. The van der Waals surface area contributed by atoms with E-state index in [4.69, 9.17) is 10.00 Å². The molecule has 1 rings (SSSR count). The smallest absolute Gasteiger partial charge is 0.323 e. The van der Waals surface area contributed by atoms with Gasteiger partial charge in [0.25, 0.3) is 0 Å². The van der Waals surface area contributed by atoms with E-state index in [0.717, 1.165) is 12.0 Å². The lowest BCUT2D eigenvalue weighted by Gasteiger charge is -2.21. The first kappa shape index (κ1) is 24.6. The minimum Gasteiger partial charge on any atom is -0.468 e. The van der Waals surface area contributed by atoms with Crippen molar-refractivity contribution in [3.63, 3.8) is 0 Å². The van der Waals surface area contributed by atoms with Crippen LogP contribution in [0.2, 0.25) is 0 Å². The Kier molecular flexibility index (Phi) is 13.6. The molecule has 1 aromatic carbocycles. The van der Waals surface area contributed by atoms with Crippen molar-refractivity contribution in [2.75, 3.05) is 12.9 Å². The molecule has 3 nitrogen and oxygen atoms in total. The van der Waals surface area contributed by atoms with Crippen LogP contribution in [-0.2, 0) is 9.53 Å². The fraction of sp³-hybridized carbons (Fsp3) is 0.667. The second-order valence-electron chi connectivity index (χ2n) is 7.48. The van der Waals surface area contributed by atoms with Crippen molar-refractivity contribution < 1.29 is 9.53 Å². The molecule has 156 valence electrons. The average Bonchev–Trinajstić information content (AvgIpc) is 2.72. The number of nitriles is 1. The normalized spacial score (nSPS) is 12.9. The predicted molar refractivity (Wildman–Crippen MR) is 120 cm³/mol. The zero-order chi connectivity index (χ0) is 20.6. The molecule has 0 aliphatic carbocycles. The maximum Gasteiger partial charge on any atom is 0.323 e. The largest absolute Gasteiger partial charge is 0.468 e. The minimum atomic E-state index is -0.351. The summed E-state index contributed by atoms with van der Waals surface area (Å²) in [6.45, 7) is 4.51. The van der Waals surface area contributed by atoms with Gasteiger partial charge >= 0.3 is 5.97 Å². The minimum absolute atomic E-state index is 0.227. The molecule has 0 N–H and O–H groups in total. The Morgan fingerprint density at radius 3 is 2.29 bits per heavy atom. The number of hydrogen-bond donors (Lipinski definition) is 0. The molecule has 0 saturated heterocycles. The molecule has 0 radical (unpaired) electrons. The number of benzene rings is 1. The molecule has 0 aliphatic rings. The highest BCUT2D eigenvalue weighted by Crippen LogP contribution is 2.37. The number of carbonyl (C=O) groups excluding carboxylic acids is 1. The van der Waals surface area contributed by atoms with Gasteiger partial charge in [0, 0.05) is 12.2 Å². The van der Waals surface area contributed by atoms with Crippen LogP contribution in [0.5, 0.6) is 0 Å². The van der Waals surface area contributed by atoms with Crippen LogP contribution in [0.1, 0.15) is 100 Å². The molecule has 0 saturated carbocycles.